The van der Waals surface area contributed by atoms with Crippen LogP contribution in [0.5, 0.6) is 0 Å². The van der Waals surface area contributed by atoms with Gasteiger partial charge in [-0.2, -0.15) is 13.2 Å². The normalized spacial score (nSPS) is 28.0. The molecule has 2 unspecified atom stereocenters. The molecular formula is C28H31F5N2O3S. The third-order valence-corrected chi connectivity index (χ3v) is 10.6. The maximum Gasteiger partial charge on any atom is 0.426 e. The summed E-state index contributed by atoms with van der Waals surface area (Å²) in [5.74, 6) is -0.604. The number of urea groups is 1. The number of aryl methyl sites for hydroxylation is 1. The lowest BCUT2D eigenvalue weighted by Crippen LogP contribution is -2.57. The van der Waals surface area contributed by atoms with Crippen molar-refractivity contribution in [1.29, 1.82) is 0 Å². The molecule has 5 rings (SSSR count). The minimum absolute atomic E-state index is 0.100. The van der Waals surface area contributed by atoms with Gasteiger partial charge >= 0.3 is 12.2 Å². The first kappa shape index (κ1) is 27.9. The summed E-state index contributed by atoms with van der Waals surface area (Å²) >= 11 is 0. The molecule has 2 aromatic carbocycles. The predicted molar refractivity (Wildman–Crippen MR) is 136 cm³/mol. The number of halogens is 5. The molecule has 2 saturated heterocycles. The second kappa shape index (κ2) is 9.45. The average molecular weight is 571 g/mol. The van der Waals surface area contributed by atoms with Crippen LogP contribution in [0.1, 0.15) is 48.9 Å². The van der Waals surface area contributed by atoms with Gasteiger partial charge in [-0.05, 0) is 73.9 Å². The first-order valence-electron chi connectivity index (χ1n) is 13.1. The Balaban J connectivity index is 1.54. The Morgan fingerprint density at radius 1 is 1.05 bits per heavy atom. The molecule has 0 saturated carbocycles. The van der Waals surface area contributed by atoms with Crippen LogP contribution in [0.15, 0.2) is 42.5 Å². The number of rotatable bonds is 3. The third kappa shape index (κ3) is 4.80. The average Bonchev–Trinajstić information content (AvgIpc) is 3.23. The molecule has 3 aliphatic rings. The molecule has 4 atom stereocenters. The van der Waals surface area contributed by atoms with Gasteiger partial charge in [-0.3, -0.25) is 0 Å². The Hall–Kier alpha value is -2.69. The Bertz CT molecular complexity index is 1380. The van der Waals surface area contributed by atoms with Crippen LogP contribution in [0.3, 0.4) is 0 Å². The number of alkyl halides is 4. The second-order valence-corrected chi connectivity index (χ2v) is 13.5. The summed E-state index contributed by atoms with van der Waals surface area (Å²) in [6.45, 7) is 2.71. The van der Waals surface area contributed by atoms with Crippen LogP contribution in [-0.2, 0) is 33.8 Å². The van der Waals surface area contributed by atoms with Gasteiger partial charge in [0.2, 0.25) is 5.67 Å². The van der Waals surface area contributed by atoms with E-state index in [1.807, 2.05) is 0 Å². The number of benzene rings is 2. The van der Waals surface area contributed by atoms with E-state index in [4.69, 9.17) is 0 Å². The summed E-state index contributed by atoms with van der Waals surface area (Å²) < 4.78 is 93.1. The Labute approximate surface area is 224 Å². The SMILES string of the molecule is CC1CS(=O)(=O)CCN1C(=O)N1CC[C@@]2(Cc3ccc(F)cc3)c3ccc(C(C)(F)C(F)(F)F)cc3CC[C@@H]12. The largest absolute Gasteiger partial charge is 0.426 e. The number of likely N-dealkylation sites (tertiary alicyclic amines) is 1. The molecular weight excluding hydrogens is 539 g/mol. The zero-order valence-corrected chi connectivity index (χ0v) is 22.6. The quantitative estimate of drug-likeness (QED) is 0.470. The zero-order chi connectivity index (χ0) is 28.4. The van der Waals surface area contributed by atoms with E-state index in [0.717, 1.165) is 11.1 Å². The molecule has 2 amide bonds. The van der Waals surface area contributed by atoms with Crippen LogP contribution in [0, 0.1) is 5.82 Å². The molecule has 0 spiro atoms. The molecule has 5 nitrogen and oxygen atoms in total. The van der Waals surface area contributed by atoms with Gasteiger partial charge in [0.25, 0.3) is 0 Å². The van der Waals surface area contributed by atoms with Crippen molar-refractivity contribution >= 4 is 15.9 Å². The maximum absolute atomic E-state index is 14.9. The van der Waals surface area contributed by atoms with Crippen molar-refractivity contribution in [2.24, 2.45) is 0 Å². The van der Waals surface area contributed by atoms with Gasteiger partial charge in [0.05, 0.1) is 11.5 Å². The predicted octanol–water partition coefficient (Wildman–Crippen LogP) is 5.31. The van der Waals surface area contributed by atoms with Gasteiger partial charge in [-0.25, -0.2) is 22.0 Å². The molecule has 11 heteroatoms. The minimum Gasteiger partial charge on any atom is -0.321 e. The number of hydrogen-bond acceptors (Lipinski definition) is 3. The summed E-state index contributed by atoms with van der Waals surface area (Å²) in [4.78, 5) is 17.1. The molecule has 2 fully saturated rings. The summed E-state index contributed by atoms with van der Waals surface area (Å²) in [6.07, 6.45) is -3.32. The van der Waals surface area contributed by atoms with Gasteiger partial charge in [-0.1, -0.05) is 30.3 Å². The van der Waals surface area contributed by atoms with E-state index in [1.54, 1.807) is 34.9 Å². The van der Waals surface area contributed by atoms with Gasteiger partial charge in [0.15, 0.2) is 9.84 Å². The number of carbonyl (C=O) groups excluding carboxylic acids is 1. The second-order valence-electron chi connectivity index (χ2n) is 11.3. The fourth-order valence-electron chi connectivity index (χ4n) is 6.67. The molecule has 212 valence electrons. The van der Waals surface area contributed by atoms with Crippen molar-refractivity contribution in [3.63, 3.8) is 0 Å². The van der Waals surface area contributed by atoms with Gasteiger partial charge in [0.1, 0.15) is 5.82 Å². The molecule has 2 aliphatic heterocycles. The van der Waals surface area contributed by atoms with Crippen molar-refractivity contribution in [2.75, 3.05) is 24.6 Å². The molecule has 2 heterocycles. The first-order valence-corrected chi connectivity index (χ1v) is 14.9. The highest BCUT2D eigenvalue weighted by atomic mass is 32.2. The Kier molecular flexibility index (Phi) is 6.75. The van der Waals surface area contributed by atoms with E-state index >= 15 is 0 Å². The van der Waals surface area contributed by atoms with Gasteiger partial charge in [-0.15, -0.1) is 0 Å². The van der Waals surface area contributed by atoms with E-state index in [-0.39, 0.29) is 30.1 Å². The number of fused-ring (bicyclic) bond motifs is 3. The molecule has 0 N–H and O–H groups in total. The topological polar surface area (TPSA) is 57.7 Å². The minimum atomic E-state index is -5.07. The monoisotopic (exact) mass is 570 g/mol. The van der Waals surface area contributed by atoms with E-state index < -0.39 is 44.5 Å². The lowest BCUT2D eigenvalue weighted by atomic mass is 9.63. The van der Waals surface area contributed by atoms with Crippen LogP contribution in [0.4, 0.5) is 26.7 Å². The molecule has 0 bridgehead atoms. The molecule has 1 aliphatic carbocycles. The van der Waals surface area contributed by atoms with Crippen molar-refractivity contribution in [2.45, 2.75) is 68.9 Å². The fourth-order valence-corrected chi connectivity index (χ4v) is 8.22. The third-order valence-electron chi connectivity index (χ3n) is 8.81. The van der Waals surface area contributed by atoms with E-state index in [0.29, 0.717) is 44.7 Å². The Morgan fingerprint density at radius 3 is 2.38 bits per heavy atom. The van der Waals surface area contributed by atoms with Crippen LogP contribution in [0.2, 0.25) is 0 Å². The molecule has 2 aromatic rings. The summed E-state index contributed by atoms with van der Waals surface area (Å²) in [5.41, 5.74) is -2.43. The maximum atomic E-state index is 14.9. The molecule has 39 heavy (non-hydrogen) atoms. The Morgan fingerprint density at radius 2 is 1.74 bits per heavy atom. The van der Waals surface area contributed by atoms with Gasteiger partial charge < -0.3 is 9.80 Å². The number of hydrogen-bond donors (Lipinski definition) is 0. The highest BCUT2D eigenvalue weighted by Crippen LogP contribution is 2.51. The van der Waals surface area contributed by atoms with Crippen LogP contribution in [0.25, 0.3) is 0 Å². The molecule has 0 radical (unpaired) electrons. The lowest BCUT2D eigenvalue weighted by Gasteiger charge is -2.45. The number of amides is 2. The summed E-state index contributed by atoms with van der Waals surface area (Å²) in [6, 6.07) is 9.02. The number of sulfone groups is 1. The van der Waals surface area contributed by atoms with E-state index in [9.17, 15) is 35.2 Å². The van der Waals surface area contributed by atoms with Crippen LogP contribution < -0.4 is 0 Å². The van der Waals surface area contributed by atoms with Crippen molar-refractivity contribution in [1.82, 2.24) is 9.80 Å². The van der Waals surface area contributed by atoms with Crippen molar-refractivity contribution < 1.29 is 35.2 Å². The highest BCUT2D eigenvalue weighted by molar-refractivity contribution is 7.91. The van der Waals surface area contributed by atoms with Crippen LogP contribution >= 0.6 is 0 Å². The van der Waals surface area contributed by atoms with E-state index in [2.05, 4.69) is 0 Å². The standard InChI is InChI=1S/C28H31F5N2O3S/c1-18-17-39(37,38)14-13-34(18)25(36)35-12-11-27(16-19-3-7-22(29)8-4-19)23-9-6-21(26(2,30)28(31,32)33)15-20(23)5-10-24(27)35/h3-4,6-9,15,18,24H,5,10-14,16-17H2,1-2H3/t18?,24-,26?,27-/m1/s1. The smallest absolute Gasteiger partial charge is 0.321 e. The van der Waals surface area contributed by atoms with Crippen molar-refractivity contribution in [3.8, 4) is 0 Å². The van der Waals surface area contributed by atoms with Crippen molar-refractivity contribution in [3.05, 3.63) is 70.5 Å². The van der Waals surface area contributed by atoms with E-state index in [1.165, 1.54) is 24.3 Å². The number of carbonyl (C=O) groups is 1. The molecule has 0 aromatic heterocycles. The highest BCUT2D eigenvalue weighted by Gasteiger charge is 2.56. The summed E-state index contributed by atoms with van der Waals surface area (Å²) in [7, 11) is -3.22. The zero-order valence-electron chi connectivity index (χ0n) is 21.8. The van der Waals surface area contributed by atoms with Crippen LogP contribution in [-0.4, -0.2) is 67.1 Å². The lowest BCUT2D eigenvalue weighted by molar-refractivity contribution is -0.228. The fraction of sp³-hybridized carbons (Fsp3) is 0.536. The summed E-state index contributed by atoms with van der Waals surface area (Å²) in [5, 5.41) is 0. The number of nitrogens with zero attached hydrogens (tertiary/aromatic N) is 2. The van der Waals surface area contributed by atoms with Gasteiger partial charge in [0, 0.05) is 30.6 Å². The first-order chi connectivity index (χ1) is 18.1.